The summed E-state index contributed by atoms with van der Waals surface area (Å²) >= 11 is 1.87. The van der Waals surface area contributed by atoms with E-state index in [0.29, 0.717) is 6.04 Å². The van der Waals surface area contributed by atoms with Gasteiger partial charge in [-0.25, -0.2) is 9.97 Å². The molecule has 0 N–H and O–H groups in total. The Morgan fingerprint density at radius 3 is 2.67 bits per heavy atom. The Labute approximate surface area is 201 Å². The van der Waals surface area contributed by atoms with Crippen LogP contribution in [0.25, 0.3) is 10.2 Å². The molecule has 2 aliphatic heterocycles. The zero-order valence-electron chi connectivity index (χ0n) is 20.0. The van der Waals surface area contributed by atoms with Crippen LogP contribution in [-0.4, -0.2) is 91.1 Å². The van der Waals surface area contributed by atoms with Crippen molar-refractivity contribution in [3.05, 3.63) is 53.2 Å². The van der Waals surface area contributed by atoms with E-state index in [0.717, 1.165) is 69.4 Å². The van der Waals surface area contributed by atoms with E-state index in [4.69, 9.17) is 4.98 Å². The molecule has 2 fully saturated rings. The van der Waals surface area contributed by atoms with Crippen LogP contribution >= 0.6 is 11.3 Å². The first-order chi connectivity index (χ1) is 16.2. The van der Waals surface area contributed by atoms with Gasteiger partial charge in [0.05, 0.1) is 11.4 Å². The van der Waals surface area contributed by atoms with Crippen LogP contribution in [0, 0.1) is 0 Å². The van der Waals surface area contributed by atoms with Crippen molar-refractivity contribution < 1.29 is 0 Å². The van der Waals surface area contributed by atoms with Gasteiger partial charge in [0.25, 0.3) is 0 Å². The molecule has 6 nitrogen and oxygen atoms in total. The van der Waals surface area contributed by atoms with Gasteiger partial charge >= 0.3 is 0 Å². The lowest BCUT2D eigenvalue weighted by atomic mass is 10.1. The molecule has 7 heteroatoms. The zero-order valence-corrected chi connectivity index (χ0v) is 20.8. The normalized spacial score (nSPS) is 21.5. The van der Waals surface area contributed by atoms with E-state index in [1.54, 1.807) is 6.33 Å². The van der Waals surface area contributed by atoms with Crippen molar-refractivity contribution in [2.75, 3.05) is 71.4 Å². The van der Waals surface area contributed by atoms with E-state index >= 15 is 0 Å². The molecule has 1 aromatic carbocycles. The number of rotatable bonds is 6. The number of aromatic nitrogens is 2. The predicted octanol–water partition coefficient (Wildman–Crippen LogP) is 3.75. The van der Waals surface area contributed by atoms with E-state index in [1.165, 1.54) is 28.7 Å². The third-order valence-electron chi connectivity index (χ3n) is 7.12. The van der Waals surface area contributed by atoms with Crippen molar-refractivity contribution in [2.45, 2.75) is 25.3 Å². The number of hydrogen-bond acceptors (Lipinski definition) is 7. The molecule has 0 aliphatic carbocycles. The molecule has 1 unspecified atom stereocenters. The third kappa shape index (κ3) is 5.38. The molecule has 5 rings (SSSR count). The summed E-state index contributed by atoms with van der Waals surface area (Å²) in [5.74, 6) is 1.12. The summed E-state index contributed by atoms with van der Waals surface area (Å²) in [7, 11) is 4.47. The highest BCUT2D eigenvalue weighted by atomic mass is 32.1. The van der Waals surface area contributed by atoms with Gasteiger partial charge in [-0.1, -0.05) is 30.3 Å². The van der Waals surface area contributed by atoms with Crippen LogP contribution in [0.1, 0.15) is 29.3 Å². The number of fused-ring (bicyclic) bond motifs is 1. The highest BCUT2D eigenvalue weighted by molar-refractivity contribution is 7.18. The first-order valence-electron chi connectivity index (χ1n) is 12.3. The minimum atomic E-state index is 0.432. The third-order valence-corrected chi connectivity index (χ3v) is 8.27. The SMILES string of the molecule is CN1CCCN(c2ncnc3sc(C4CN(C)CCN4CCCc4ccccc4)cc23)CC1. The number of likely N-dealkylation sites (N-methyl/N-ethyl adjacent to an activating group) is 2. The molecule has 2 saturated heterocycles. The van der Waals surface area contributed by atoms with Crippen LogP contribution in [0.2, 0.25) is 0 Å². The largest absolute Gasteiger partial charge is 0.355 e. The van der Waals surface area contributed by atoms with Gasteiger partial charge in [0, 0.05) is 44.1 Å². The Balaban J connectivity index is 1.35. The second-order valence-corrected chi connectivity index (χ2v) is 10.7. The molecule has 0 bridgehead atoms. The molecule has 0 radical (unpaired) electrons. The van der Waals surface area contributed by atoms with Gasteiger partial charge in [0.15, 0.2) is 0 Å². The molecule has 33 heavy (non-hydrogen) atoms. The Hall–Kier alpha value is -2.06. The summed E-state index contributed by atoms with van der Waals surface area (Å²) < 4.78 is 0. The molecule has 0 amide bonds. The first kappa shape index (κ1) is 22.7. The summed E-state index contributed by atoms with van der Waals surface area (Å²) in [6.45, 7) is 8.83. The van der Waals surface area contributed by atoms with Crippen LogP contribution in [0.15, 0.2) is 42.7 Å². The van der Waals surface area contributed by atoms with Gasteiger partial charge in [0.1, 0.15) is 17.0 Å². The van der Waals surface area contributed by atoms with Gasteiger partial charge in [-0.15, -0.1) is 11.3 Å². The number of aryl methyl sites for hydroxylation is 1. The second kappa shape index (κ2) is 10.5. The van der Waals surface area contributed by atoms with Crippen LogP contribution in [0.4, 0.5) is 5.82 Å². The van der Waals surface area contributed by atoms with Crippen molar-refractivity contribution in [1.29, 1.82) is 0 Å². The van der Waals surface area contributed by atoms with Crippen molar-refractivity contribution in [2.24, 2.45) is 0 Å². The average Bonchev–Trinajstić information content (AvgIpc) is 3.16. The fourth-order valence-electron chi connectivity index (χ4n) is 5.16. The lowest BCUT2D eigenvalue weighted by Gasteiger charge is -2.39. The molecular weight excluding hydrogens is 428 g/mol. The molecule has 2 aromatic heterocycles. The Kier molecular flexibility index (Phi) is 7.21. The summed E-state index contributed by atoms with van der Waals surface area (Å²) in [4.78, 5) is 22.0. The van der Waals surface area contributed by atoms with Crippen LogP contribution in [0.3, 0.4) is 0 Å². The highest BCUT2D eigenvalue weighted by Crippen LogP contribution is 2.37. The van der Waals surface area contributed by atoms with Crippen LogP contribution in [0.5, 0.6) is 0 Å². The van der Waals surface area contributed by atoms with Crippen LogP contribution in [-0.2, 0) is 6.42 Å². The maximum atomic E-state index is 4.75. The lowest BCUT2D eigenvalue weighted by molar-refractivity contribution is 0.0909. The fourth-order valence-corrected chi connectivity index (χ4v) is 6.28. The highest BCUT2D eigenvalue weighted by Gasteiger charge is 2.29. The summed E-state index contributed by atoms with van der Waals surface area (Å²) in [5.41, 5.74) is 1.44. The smallest absolute Gasteiger partial charge is 0.140 e. The number of nitrogens with zero attached hydrogens (tertiary/aromatic N) is 6. The van der Waals surface area contributed by atoms with E-state index in [-0.39, 0.29) is 0 Å². The summed E-state index contributed by atoms with van der Waals surface area (Å²) in [6.07, 6.45) is 5.28. The van der Waals surface area contributed by atoms with Crippen molar-refractivity contribution >= 4 is 27.4 Å². The molecular formula is C26H36N6S. The maximum Gasteiger partial charge on any atom is 0.140 e. The Morgan fingerprint density at radius 1 is 0.939 bits per heavy atom. The second-order valence-electron chi connectivity index (χ2n) is 9.61. The minimum Gasteiger partial charge on any atom is -0.355 e. The number of benzene rings is 1. The van der Waals surface area contributed by atoms with Crippen LogP contribution < -0.4 is 4.90 Å². The molecule has 4 heterocycles. The van der Waals surface area contributed by atoms with E-state index < -0.39 is 0 Å². The van der Waals surface area contributed by atoms with Gasteiger partial charge in [0.2, 0.25) is 0 Å². The molecule has 0 spiro atoms. The first-order valence-corrected chi connectivity index (χ1v) is 13.1. The lowest BCUT2D eigenvalue weighted by Crippen LogP contribution is -2.46. The molecule has 3 aromatic rings. The number of hydrogen-bond donors (Lipinski definition) is 0. The van der Waals surface area contributed by atoms with Crippen molar-refractivity contribution in [3.8, 4) is 0 Å². The molecule has 0 saturated carbocycles. The fraction of sp³-hybridized carbons (Fsp3) is 0.538. The zero-order chi connectivity index (χ0) is 22.6. The predicted molar refractivity (Wildman–Crippen MR) is 138 cm³/mol. The van der Waals surface area contributed by atoms with Gasteiger partial charge in [-0.05, 0) is 58.1 Å². The standard InChI is InChI=1S/C26H36N6S/c1-29-11-7-13-32(17-14-29)25-22-18-24(33-26(22)28-20-27-25)23-19-30(2)15-16-31(23)12-6-10-21-8-4-3-5-9-21/h3-5,8-9,18,20,23H,6-7,10-17,19H2,1-2H3. The topological polar surface area (TPSA) is 38.7 Å². The monoisotopic (exact) mass is 464 g/mol. The van der Waals surface area contributed by atoms with Gasteiger partial charge in [-0.3, -0.25) is 4.90 Å². The molecule has 1 atom stereocenters. The van der Waals surface area contributed by atoms with Gasteiger partial charge in [-0.2, -0.15) is 0 Å². The van der Waals surface area contributed by atoms with E-state index in [1.807, 2.05) is 11.3 Å². The number of thiophene rings is 1. The number of piperazine rings is 1. The average molecular weight is 465 g/mol. The van der Waals surface area contributed by atoms with E-state index in [9.17, 15) is 0 Å². The summed E-state index contributed by atoms with van der Waals surface area (Å²) in [5, 5.41) is 1.24. The maximum absolute atomic E-state index is 4.75. The van der Waals surface area contributed by atoms with Crippen molar-refractivity contribution in [1.82, 2.24) is 24.7 Å². The van der Waals surface area contributed by atoms with Gasteiger partial charge < -0.3 is 14.7 Å². The minimum absolute atomic E-state index is 0.432. The Morgan fingerprint density at radius 2 is 1.79 bits per heavy atom. The number of anilines is 1. The Bertz CT molecular complexity index is 1040. The molecule has 176 valence electrons. The summed E-state index contributed by atoms with van der Waals surface area (Å²) in [6, 6.07) is 13.7. The quantitative estimate of drug-likeness (QED) is 0.553. The van der Waals surface area contributed by atoms with E-state index in [2.05, 4.69) is 75.1 Å². The molecule has 2 aliphatic rings. The van der Waals surface area contributed by atoms with Crippen molar-refractivity contribution in [3.63, 3.8) is 0 Å².